The Hall–Kier alpha value is 0.140. The van der Waals surface area contributed by atoms with E-state index in [9.17, 15) is 0 Å². The third-order valence-electron chi connectivity index (χ3n) is 3.23. The predicted molar refractivity (Wildman–Crippen MR) is 101 cm³/mol. The van der Waals surface area contributed by atoms with Crippen LogP contribution in [0.5, 0.6) is 0 Å². The maximum absolute atomic E-state index is 6.23. The van der Waals surface area contributed by atoms with E-state index in [2.05, 4.69) is 0 Å². The predicted octanol–water partition coefficient (Wildman–Crippen LogP) is 7.58. The molecular weight excluding hydrogens is 421 g/mol. The van der Waals surface area contributed by atoms with E-state index in [0.717, 1.165) is 11.1 Å². The number of ether oxygens (including phenoxy) is 1. The molecule has 2 rings (SSSR count). The molecule has 0 spiro atoms. The monoisotopic (exact) mass is 430 g/mol. The highest BCUT2D eigenvalue weighted by atomic mass is 35.5. The van der Waals surface area contributed by atoms with Gasteiger partial charge in [-0.1, -0.05) is 58.5 Å². The topological polar surface area (TPSA) is 9.23 Å². The van der Waals surface area contributed by atoms with Crippen molar-refractivity contribution < 1.29 is 4.74 Å². The molecule has 2 atom stereocenters. The van der Waals surface area contributed by atoms with Crippen molar-refractivity contribution in [3.05, 3.63) is 67.6 Å². The molecule has 23 heavy (non-hydrogen) atoms. The summed E-state index contributed by atoms with van der Waals surface area (Å²) in [6, 6.07) is 10.3. The molecule has 0 aromatic heterocycles. The maximum atomic E-state index is 6.23. The second kappa shape index (κ2) is 9.01. The summed E-state index contributed by atoms with van der Waals surface area (Å²) < 4.78 is 6.04. The lowest BCUT2D eigenvalue weighted by Gasteiger charge is -2.24. The van der Waals surface area contributed by atoms with E-state index in [-0.39, 0.29) is 11.8 Å². The van der Waals surface area contributed by atoms with Crippen molar-refractivity contribution in [2.24, 2.45) is 0 Å². The largest absolute Gasteiger partial charge is 0.363 e. The Labute approximate surface area is 165 Å². The lowest BCUT2D eigenvalue weighted by molar-refractivity contribution is 0.0100. The Kier molecular flexibility index (Phi) is 7.62. The van der Waals surface area contributed by atoms with Crippen LogP contribution in [0.4, 0.5) is 0 Å². The first-order valence-corrected chi connectivity index (χ1v) is 9.21. The van der Waals surface area contributed by atoms with E-state index < -0.39 is 12.2 Å². The minimum Gasteiger partial charge on any atom is -0.363 e. The zero-order valence-corrected chi connectivity index (χ0v) is 16.2. The number of hydrogen-bond donors (Lipinski definition) is 0. The summed E-state index contributed by atoms with van der Waals surface area (Å²) in [5.41, 5.74) is 1.48. The van der Waals surface area contributed by atoms with Crippen LogP contribution in [0.15, 0.2) is 36.4 Å². The first kappa shape index (κ1) is 19.5. The van der Waals surface area contributed by atoms with Crippen molar-refractivity contribution in [2.75, 3.05) is 11.8 Å². The van der Waals surface area contributed by atoms with Gasteiger partial charge in [-0.05, 0) is 24.3 Å². The summed E-state index contributed by atoms with van der Waals surface area (Å²) in [6.45, 7) is 0. The van der Waals surface area contributed by atoms with Gasteiger partial charge in [-0.2, -0.15) is 0 Å². The van der Waals surface area contributed by atoms with Crippen LogP contribution in [0.25, 0.3) is 0 Å². The van der Waals surface area contributed by atoms with Crippen LogP contribution < -0.4 is 0 Å². The van der Waals surface area contributed by atoms with Gasteiger partial charge in [-0.3, -0.25) is 0 Å². The van der Waals surface area contributed by atoms with Crippen LogP contribution in [0.1, 0.15) is 23.3 Å². The number of alkyl halides is 2. The molecule has 0 unspecified atom stereocenters. The Morgan fingerprint density at radius 2 is 1.09 bits per heavy atom. The first-order valence-electron chi connectivity index (χ1n) is 6.63. The Bertz CT molecular complexity index is 618. The van der Waals surface area contributed by atoms with Crippen LogP contribution in [0.3, 0.4) is 0 Å². The summed E-state index contributed by atoms with van der Waals surface area (Å²) in [4.78, 5) is 0. The molecule has 0 aliphatic heterocycles. The molecule has 0 heterocycles. The van der Waals surface area contributed by atoms with Gasteiger partial charge in [0.15, 0.2) is 0 Å². The van der Waals surface area contributed by atoms with Gasteiger partial charge in [0, 0.05) is 31.2 Å². The van der Waals surface area contributed by atoms with E-state index in [4.69, 9.17) is 74.3 Å². The molecule has 2 aromatic carbocycles. The van der Waals surface area contributed by atoms with Crippen molar-refractivity contribution in [1.29, 1.82) is 0 Å². The average molecular weight is 433 g/mol. The fourth-order valence-electron chi connectivity index (χ4n) is 2.11. The number of benzene rings is 2. The van der Waals surface area contributed by atoms with E-state index in [1.165, 1.54) is 0 Å². The van der Waals surface area contributed by atoms with Gasteiger partial charge in [0.1, 0.15) is 0 Å². The molecule has 0 aliphatic rings. The van der Waals surface area contributed by atoms with Gasteiger partial charge in [0.2, 0.25) is 0 Å². The van der Waals surface area contributed by atoms with E-state index in [1.54, 1.807) is 36.4 Å². The van der Waals surface area contributed by atoms with Gasteiger partial charge in [0.05, 0.1) is 24.0 Å². The summed E-state index contributed by atoms with van der Waals surface area (Å²) in [5, 5.41) is 2.06. The van der Waals surface area contributed by atoms with Crippen LogP contribution in [0, 0.1) is 0 Å². The molecule has 0 bridgehead atoms. The quantitative estimate of drug-likeness (QED) is 0.427. The first-order chi connectivity index (χ1) is 11.0. The van der Waals surface area contributed by atoms with Gasteiger partial charge in [0.25, 0.3) is 0 Å². The molecule has 0 radical (unpaired) electrons. The minimum atomic E-state index is -0.447. The summed E-state index contributed by atoms with van der Waals surface area (Å²) >= 11 is 36.4. The normalized spacial score (nSPS) is 13.8. The molecule has 0 N–H and O–H groups in total. The minimum absolute atomic E-state index is 0.208. The van der Waals surface area contributed by atoms with Crippen LogP contribution in [0.2, 0.25) is 20.1 Å². The fraction of sp³-hybridized carbons (Fsp3) is 0.250. The Balaban J connectivity index is 2.28. The second-order valence-corrected chi connectivity index (χ2v) is 7.06. The van der Waals surface area contributed by atoms with Gasteiger partial charge < -0.3 is 4.74 Å². The molecule has 0 fully saturated rings. The third-order valence-corrected chi connectivity index (χ3v) is 4.91. The molecule has 0 aliphatic carbocycles. The molecule has 7 heteroatoms. The summed E-state index contributed by atoms with van der Waals surface area (Å²) in [5.74, 6) is 0.417. The van der Waals surface area contributed by atoms with Crippen molar-refractivity contribution in [1.82, 2.24) is 0 Å². The van der Waals surface area contributed by atoms with Crippen molar-refractivity contribution in [3.63, 3.8) is 0 Å². The fourth-order valence-corrected chi connectivity index (χ4v) is 3.65. The average Bonchev–Trinajstić information content (AvgIpc) is 2.50. The van der Waals surface area contributed by atoms with Gasteiger partial charge in [-0.15, -0.1) is 23.2 Å². The molecule has 2 aromatic rings. The summed E-state index contributed by atoms with van der Waals surface area (Å²) in [6.07, 6.45) is -0.895. The van der Waals surface area contributed by atoms with Crippen LogP contribution in [-0.4, -0.2) is 11.8 Å². The highest BCUT2D eigenvalue weighted by Crippen LogP contribution is 2.36. The standard InChI is InChI=1S/C16H12Cl6O/c17-7-15(11-3-1-9(19)5-13(11)21)23-16(8-18)12-4-2-10(20)6-14(12)22/h1-6,15-16H,7-8H2/t15-,16-/m1/s1. The molecule has 124 valence electrons. The van der Waals surface area contributed by atoms with E-state index in [0.29, 0.717) is 20.1 Å². The smallest absolute Gasteiger partial charge is 0.0983 e. The zero-order valence-electron chi connectivity index (χ0n) is 11.7. The van der Waals surface area contributed by atoms with E-state index >= 15 is 0 Å². The molecule has 0 saturated heterocycles. The highest BCUT2D eigenvalue weighted by molar-refractivity contribution is 6.35. The lowest BCUT2D eigenvalue weighted by atomic mass is 10.1. The Morgan fingerprint density at radius 3 is 1.39 bits per heavy atom. The maximum Gasteiger partial charge on any atom is 0.0983 e. The summed E-state index contributed by atoms with van der Waals surface area (Å²) in [7, 11) is 0. The number of rotatable bonds is 6. The van der Waals surface area contributed by atoms with Gasteiger partial charge >= 0.3 is 0 Å². The number of halogens is 6. The van der Waals surface area contributed by atoms with E-state index in [1.807, 2.05) is 0 Å². The van der Waals surface area contributed by atoms with Crippen molar-refractivity contribution in [2.45, 2.75) is 12.2 Å². The highest BCUT2D eigenvalue weighted by Gasteiger charge is 2.22. The molecule has 0 saturated carbocycles. The Morgan fingerprint density at radius 1 is 0.696 bits per heavy atom. The van der Waals surface area contributed by atoms with Gasteiger partial charge in [-0.25, -0.2) is 0 Å². The van der Waals surface area contributed by atoms with Crippen molar-refractivity contribution in [3.8, 4) is 0 Å². The van der Waals surface area contributed by atoms with Crippen LogP contribution in [-0.2, 0) is 4.74 Å². The third kappa shape index (κ3) is 5.06. The zero-order chi connectivity index (χ0) is 17.0. The molecule has 1 nitrogen and oxygen atoms in total. The molecule has 0 amide bonds. The van der Waals surface area contributed by atoms with Crippen LogP contribution >= 0.6 is 69.6 Å². The molecular formula is C16H12Cl6O. The second-order valence-electron chi connectivity index (χ2n) is 4.75. The lowest BCUT2D eigenvalue weighted by Crippen LogP contribution is -2.14. The SMILES string of the molecule is ClC[C@@H](O[C@H](CCl)c1ccc(Cl)cc1Cl)c1ccc(Cl)cc1Cl. The number of hydrogen-bond acceptors (Lipinski definition) is 1. The van der Waals surface area contributed by atoms with Crippen molar-refractivity contribution >= 4 is 69.6 Å².